The monoisotopic (exact) mass is 472 g/mol. The molecule has 0 saturated carbocycles. The van der Waals surface area contributed by atoms with E-state index in [1.165, 1.54) is 15.6 Å². The first kappa shape index (κ1) is 22.3. The average molecular weight is 473 g/mol. The van der Waals surface area contributed by atoms with Crippen molar-refractivity contribution in [2.75, 3.05) is 33.3 Å². The van der Waals surface area contributed by atoms with Crippen molar-refractivity contribution in [3.8, 4) is 11.5 Å². The number of sulfonamides is 1. The standard InChI is InChI=1S/C23H24N2O5S2/c1-29-19-6-5-7-20(15-19)30-16-18-14-22(31-17-18)23(26)24-10-12-25(13-11-24)32(27,28)21-8-3-2-4-9-21/h2-9,14-15,17H,10-13,16H2,1H3. The van der Waals surface area contributed by atoms with Gasteiger partial charge in [0.15, 0.2) is 0 Å². The molecule has 168 valence electrons. The van der Waals surface area contributed by atoms with Crippen LogP contribution in [-0.4, -0.2) is 56.8 Å². The van der Waals surface area contributed by atoms with E-state index < -0.39 is 10.0 Å². The molecule has 0 unspecified atom stereocenters. The first-order chi connectivity index (χ1) is 15.5. The van der Waals surface area contributed by atoms with Crippen LogP contribution in [0.15, 0.2) is 70.9 Å². The predicted molar refractivity (Wildman–Crippen MR) is 123 cm³/mol. The van der Waals surface area contributed by atoms with Gasteiger partial charge in [0.1, 0.15) is 18.1 Å². The van der Waals surface area contributed by atoms with Crippen LogP contribution in [0.4, 0.5) is 0 Å². The molecule has 0 spiro atoms. The molecule has 2 aromatic carbocycles. The van der Waals surface area contributed by atoms with E-state index in [1.807, 2.05) is 29.6 Å². The maximum atomic E-state index is 12.9. The Labute approximate surface area is 191 Å². The third-order valence-electron chi connectivity index (χ3n) is 5.22. The molecule has 1 saturated heterocycles. The third-order valence-corrected chi connectivity index (χ3v) is 8.10. The van der Waals surface area contributed by atoms with E-state index in [9.17, 15) is 13.2 Å². The molecule has 0 atom stereocenters. The normalized spacial score (nSPS) is 14.8. The molecule has 3 aromatic rings. The molecule has 4 rings (SSSR count). The van der Waals surface area contributed by atoms with Crippen LogP contribution >= 0.6 is 11.3 Å². The van der Waals surface area contributed by atoms with Gasteiger partial charge in [0.25, 0.3) is 5.91 Å². The zero-order valence-corrected chi connectivity index (χ0v) is 19.3. The third kappa shape index (κ3) is 4.95. The van der Waals surface area contributed by atoms with Crippen molar-refractivity contribution >= 4 is 27.3 Å². The highest BCUT2D eigenvalue weighted by Gasteiger charge is 2.30. The quantitative estimate of drug-likeness (QED) is 0.526. The molecule has 32 heavy (non-hydrogen) atoms. The minimum atomic E-state index is -3.54. The lowest BCUT2D eigenvalue weighted by Gasteiger charge is -2.33. The number of ether oxygens (including phenoxy) is 2. The highest BCUT2D eigenvalue weighted by atomic mass is 32.2. The van der Waals surface area contributed by atoms with Gasteiger partial charge in [-0.25, -0.2) is 8.42 Å². The van der Waals surface area contributed by atoms with Crippen molar-refractivity contribution < 1.29 is 22.7 Å². The Morgan fingerprint density at radius 2 is 1.69 bits per heavy atom. The highest BCUT2D eigenvalue weighted by Crippen LogP contribution is 2.23. The zero-order valence-electron chi connectivity index (χ0n) is 17.6. The second kappa shape index (κ2) is 9.72. The Morgan fingerprint density at radius 3 is 2.41 bits per heavy atom. The van der Waals surface area contributed by atoms with Gasteiger partial charge in [-0.05, 0) is 35.7 Å². The lowest BCUT2D eigenvalue weighted by Crippen LogP contribution is -2.50. The molecular weight excluding hydrogens is 448 g/mol. The Balaban J connectivity index is 1.33. The SMILES string of the molecule is COc1cccc(OCc2csc(C(=O)N3CCN(S(=O)(=O)c4ccccc4)CC3)c2)c1. The number of hydrogen-bond donors (Lipinski definition) is 0. The number of hydrogen-bond acceptors (Lipinski definition) is 6. The van der Waals surface area contributed by atoms with Crippen molar-refractivity contribution in [3.63, 3.8) is 0 Å². The van der Waals surface area contributed by atoms with Gasteiger partial charge in [0.05, 0.1) is 16.9 Å². The maximum Gasteiger partial charge on any atom is 0.264 e. The molecule has 1 amide bonds. The molecule has 9 heteroatoms. The lowest BCUT2D eigenvalue weighted by atomic mass is 10.3. The number of amides is 1. The van der Waals surface area contributed by atoms with E-state index in [4.69, 9.17) is 9.47 Å². The minimum absolute atomic E-state index is 0.0839. The van der Waals surface area contributed by atoms with Crippen LogP contribution in [0.5, 0.6) is 11.5 Å². The fraction of sp³-hybridized carbons (Fsp3) is 0.261. The van der Waals surface area contributed by atoms with Gasteiger partial charge in [0, 0.05) is 37.8 Å². The van der Waals surface area contributed by atoms with Crippen LogP contribution in [0.3, 0.4) is 0 Å². The minimum Gasteiger partial charge on any atom is -0.497 e. The fourth-order valence-corrected chi connectivity index (χ4v) is 5.76. The summed E-state index contributed by atoms with van der Waals surface area (Å²) in [6.07, 6.45) is 0. The number of piperazine rings is 1. The summed E-state index contributed by atoms with van der Waals surface area (Å²) in [6, 6.07) is 17.6. The van der Waals surface area contributed by atoms with Crippen molar-refractivity contribution in [3.05, 3.63) is 76.5 Å². The van der Waals surface area contributed by atoms with Gasteiger partial charge in [-0.2, -0.15) is 4.31 Å². The predicted octanol–water partition coefficient (Wildman–Crippen LogP) is 3.48. The number of benzene rings is 2. The number of carbonyl (C=O) groups excluding carboxylic acids is 1. The first-order valence-corrected chi connectivity index (χ1v) is 12.5. The lowest BCUT2D eigenvalue weighted by molar-refractivity contribution is 0.0702. The molecule has 0 bridgehead atoms. The van der Waals surface area contributed by atoms with E-state index >= 15 is 0 Å². The number of thiophene rings is 1. The molecular formula is C23H24N2O5S2. The molecule has 1 aliphatic heterocycles. The van der Waals surface area contributed by atoms with Gasteiger partial charge in [-0.1, -0.05) is 24.3 Å². The molecule has 1 fully saturated rings. The van der Waals surface area contributed by atoms with Crippen LogP contribution in [0.2, 0.25) is 0 Å². The summed E-state index contributed by atoms with van der Waals surface area (Å²) in [5.41, 5.74) is 0.909. The van der Waals surface area contributed by atoms with Crippen molar-refractivity contribution in [2.45, 2.75) is 11.5 Å². The molecule has 1 aliphatic rings. The molecule has 7 nitrogen and oxygen atoms in total. The summed E-state index contributed by atoms with van der Waals surface area (Å²) in [5, 5.41) is 1.91. The summed E-state index contributed by atoms with van der Waals surface area (Å²) < 4.78 is 38.0. The summed E-state index contributed by atoms with van der Waals surface area (Å²) in [7, 11) is -1.93. The Bertz CT molecular complexity index is 1170. The van der Waals surface area contributed by atoms with Crippen LogP contribution in [-0.2, 0) is 16.6 Å². The Hall–Kier alpha value is -2.88. The van der Waals surface area contributed by atoms with Crippen LogP contribution < -0.4 is 9.47 Å². The summed E-state index contributed by atoms with van der Waals surface area (Å²) in [6.45, 7) is 1.62. The number of rotatable bonds is 7. The van der Waals surface area contributed by atoms with Crippen LogP contribution in [0, 0.1) is 0 Å². The first-order valence-electron chi connectivity index (χ1n) is 10.2. The van der Waals surface area contributed by atoms with Gasteiger partial charge in [-0.3, -0.25) is 4.79 Å². The summed E-state index contributed by atoms with van der Waals surface area (Å²) >= 11 is 1.37. The molecule has 1 aromatic heterocycles. The van der Waals surface area contributed by atoms with Crippen molar-refractivity contribution in [2.24, 2.45) is 0 Å². The molecule has 0 radical (unpaired) electrons. The Morgan fingerprint density at radius 1 is 0.969 bits per heavy atom. The maximum absolute atomic E-state index is 12.9. The van der Waals surface area contributed by atoms with Crippen LogP contribution in [0.25, 0.3) is 0 Å². The number of carbonyl (C=O) groups is 1. The number of methoxy groups -OCH3 is 1. The average Bonchev–Trinajstić information content (AvgIpc) is 3.32. The van der Waals surface area contributed by atoms with Gasteiger partial charge in [-0.15, -0.1) is 11.3 Å². The fourth-order valence-electron chi connectivity index (χ4n) is 3.45. The summed E-state index contributed by atoms with van der Waals surface area (Å²) in [5.74, 6) is 1.33. The largest absolute Gasteiger partial charge is 0.497 e. The van der Waals surface area contributed by atoms with Crippen molar-refractivity contribution in [1.29, 1.82) is 0 Å². The van der Waals surface area contributed by atoms with Gasteiger partial charge >= 0.3 is 0 Å². The smallest absolute Gasteiger partial charge is 0.264 e. The molecule has 2 heterocycles. The zero-order chi connectivity index (χ0) is 22.6. The van der Waals surface area contributed by atoms with Crippen molar-refractivity contribution in [1.82, 2.24) is 9.21 Å². The number of nitrogens with zero attached hydrogens (tertiary/aromatic N) is 2. The molecule has 0 aliphatic carbocycles. The topological polar surface area (TPSA) is 76.2 Å². The van der Waals surface area contributed by atoms with E-state index in [-0.39, 0.29) is 23.9 Å². The van der Waals surface area contributed by atoms with E-state index in [0.29, 0.717) is 30.3 Å². The van der Waals surface area contributed by atoms with E-state index in [0.717, 1.165) is 11.3 Å². The Kier molecular flexibility index (Phi) is 6.78. The molecule has 0 N–H and O–H groups in total. The van der Waals surface area contributed by atoms with Crippen LogP contribution in [0.1, 0.15) is 15.2 Å². The second-order valence-electron chi connectivity index (χ2n) is 7.30. The van der Waals surface area contributed by atoms with E-state index in [2.05, 4.69) is 0 Å². The highest BCUT2D eigenvalue weighted by molar-refractivity contribution is 7.89. The van der Waals surface area contributed by atoms with Gasteiger partial charge < -0.3 is 14.4 Å². The van der Waals surface area contributed by atoms with Gasteiger partial charge in [0.2, 0.25) is 10.0 Å². The van der Waals surface area contributed by atoms with E-state index in [1.54, 1.807) is 48.4 Å². The second-order valence-corrected chi connectivity index (χ2v) is 10.1. The summed E-state index contributed by atoms with van der Waals surface area (Å²) in [4.78, 5) is 15.5.